The average molecular weight is 199 g/mol. The highest BCUT2D eigenvalue weighted by atomic mass is 16.1. The van der Waals surface area contributed by atoms with Gasteiger partial charge >= 0.3 is 0 Å². The lowest BCUT2D eigenvalue weighted by Gasteiger charge is -2.04. The summed E-state index contributed by atoms with van der Waals surface area (Å²) < 4.78 is 1.75. The molecule has 3 rings (SSSR count). The van der Waals surface area contributed by atoms with Crippen LogP contribution in [0.3, 0.4) is 0 Å². The van der Waals surface area contributed by atoms with Crippen LogP contribution in [0.1, 0.15) is 15.9 Å². The Balaban J connectivity index is 2.62. The Bertz CT molecular complexity index is 625. The van der Waals surface area contributed by atoms with Crippen LogP contribution in [-0.4, -0.2) is 10.9 Å². The zero-order chi connectivity index (χ0) is 10.4. The van der Waals surface area contributed by atoms with Crippen molar-refractivity contribution in [1.29, 1.82) is 0 Å². The highest BCUT2D eigenvalue weighted by molar-refractivity contribution is 5.98. The smallest absolute Gasteiger partial charge is 0.251 e. The highest BCUT2D eigenvalue weighted by Crippen LogP contribution is 2.25. The first-order chi connectivity index (χ1) is 7.31. The molecule has 0 fully saturated rings. The summed E-state index contributed by atoms with van der Waals surface area (Å²) >= 11 is 0. The maximum Gasteiger partial charge on any atom is 0.251 e. The van der Waals surface area contributed by atoms with Crippen LogP contribution in [-0.2, 0) is 13.0 Å². The van der Waals surface area contributed by atoms with Crippen molar-refractivity contribution in [2.45, 2.75) is 13.0 Å². The van der Waals surface area contributed by atoms with E-state index in [9.17, 15) is 9.59 Å². The third-order valence-corrected chi connectivity index (χ3v) is 2.98. The van der Waals surface area contributed by atoms with Gasteiger partial charge in [0.25, 0.3) is 5.56 Å². The van der Waals surface area contributed by atoms with E-state index in [0.717, 1.165) is 35.7 Å². The summed E-state index contributed by atoms with van der Waals surface area (Å²) in [6.45, 7) is 0.730. The number of aryl methyl sites for hydroxylation is 2. The van der Waals surface area contributed by atoms with Crippen LogP contribution >= 0.6 is 0 Å². The molecule has 0 radical (unpaired) electrons. The van der Waals surface area contributed by atoms with Gasteiger partial charge in [0, 0.05) is 23.6 Å². The molecular weight excluding hydrogens is 190 g/mol. The Labute approximate surface area is 86.0 Å². The molecule has 0 aliphatic carbocycles. The van der Waals surface area contributed by atoms with Crippen molar-refractivity contribution in [2.24, 2.45) is 0 Å². The molecule has 0 spiro atoms. The fourth-order valence-corrected chi connectivity index (χ4v) is 2.30. The Morgan fingerprint density at radius 2 is 2.20 bits per heavy atom. The number of hydrogen-bond acceptors (Lipinski definition) is 2. The number of aldehydes is 1. The summed E-state index contributed by atoms with van der Waals surface area (Å²) in [5, 5.41) is 0.889. The largest absolute Gasteiger partial charge is 0.308 e. The van der Waals surface area contributed by atoms with E-state index in [4.69, 9.17) is 0 Å². The molecule has 2 aromatic rings. The Kier molecular flexibility index (Phi) is 1.57. The lowest BCUT2D eigenvalue weighted by molar-refractivity contribution is 0.112. The molecule has 0 amide bonds. The summed E-state index contributed by atoms with van der Waals surface area (Å²) in [6, 6.07) is 7.26. The van der Waals surface area contributed by atoms with E-state index in [1.807, 2.05) is 18.2 Å². The number of hydrogen-bond donors (Lipinski definition) is 0. The number of benzene rings is 1. The first kappa shape index (κ1) is 8.41. The quantitative estimate of drug-likeness (QED) is 0.651. The molecule has 0 bridgehead atoms. The molecule has 74 valence electrons. The van der Waals surface area contributed by atoms with Crippen LogP contribution < -0.4 is 5.56 Å². The van der Waals surface area contributed by atoms with Gasteiger partial charge in [0.15, 0.2) is 6.29 Å². The summed E-state index contributed by atoms with van der Waals surface area (Å²) in [5.74, 6) is 0. The molecule has 0 saturated heterocycles. The monoisotopic (exact) mass is 199 g/mol. The standard InChI is InChI=1S/C12H9NO2/c14-7-9-6-11(15)13-5-4-8-2-1-3-10(9)12(8)13/h1-3,6-7H,4-5H2. The molecule has 0 atom stereocenters. The van der Waals surface area contributed by atoms with Gasteiger partial charge in [-0.1, -0.05) is 18.2 Å². The van der Waals surface area contributed by atoms with Crippen LogP contribution in [0.25, 0.3) is 10.9 Å². The van der Waals surface area contributed by atoms with Crippen molar-refractivity contribution in [3.63, 3.8) is 0 Å². The highest BCUT2D eigenvalue weighted by Gasteiger charge is 2.16. The van der Waals surface area contributed by atoms with Gasteiger partial charge in [-0.05, 0) is 12.0 Å². The summed E-state index contributed by atoms with van der Waals surface area (Å²) in [4.78, 5) is 22.5. The zero-order valence-corrected chi connectivity index (χ0v) is 8.06. The van der Waals surface area contributed by atoms with Crippen LogP contribution in [0.4, 0.5) is 0 Å². The third-order valence-electron chi connectivity index (χ3n) is 2.98. The van der Waals surface area contributed by atoms with E-state index in [1.54, 1.807) is 4.57 Å². The van der Waals surface area contributed by atoms with Gasteiger partial charge in [-0.3, -0.25) is 9.59 Å². The first-order valence-electron chi connectivity index (χ1n) is 4.92. The number of rotatable bonds is 1. The fourth-order valence-electron chi connectivity index (χ4n) is 2.30. The molecule has 3 heteroatoms. The molecule has 1 aromatic heterocycles. The third kappa shape index (κ3) is 1.00. The maximum atomic E-state index is 11.7. The predicted octanol–water partition coefficient (Wildman–Crippen LogP) is 1.37. The van der Waals surface area contributed by atoms with Crippen molar-refractivity contribution in [2.75, 3.05) is 0 Å². The summed E-state index contributed by atoms with van der Waals surface area (Å²) in [7, 11) is 0. The Morgan fingerprint density at radius 3 is 3.00 bits per heavy atom. The van der Waals surface area contributed by atoms with Gasteiger partial charge in [-0.15, -0.1) is 0 Å². The van der Waals surface area contributed by atoms with Crippen LogP contribution in [0.2, 0.25) is 0 Å². The number of nitrogens with zero attached hydrogens (tertiary/aromatic N) is 1. The summed E-state index contributed by atoms with van der Waals surface area (Å²) in [6.07, 6.45) is 1.64. The second kappa shape index (κ2) is 2.79. The molecule has 0 N–H and O–H groups in total. The minimum Gasteiger partial charge on any atom is -0.308 e. The van der Waals surface area contributed by atoms with Crippen molar-refractivity contribution < 1.29 is 4.79 Å². The molecule has 15 heavy (non-hydrogen) atoms. The second-order valence-electron chi connectivity index (χ2n) is 3.77. The van der Waals surface area contributed by atoms with Crippen LogP contribution in [0, 0.1) is 0 Å². The first-order valence-corrected chi connectivity index (χ1v) is 4.92. The molecule has 1 aliphatic rings. The second-order valence-corrected chi connectivity index (χ2v) is 3.77. The van der Waals surface area contributed by atoms with Crippen molar-refractivity contribution in [1.82, 2.24) is 4.57 Å². The zero-order valence-electron chi connectivity index (χ0n) is 8.06. The molecule has 2 heterocycles. The topological polar surface area (TPSA) is 39.1 Å². The Hall–Kier alpha value is -1.90. The van der Waals surface area contributed by atoms with Crippen molar-refractivity contribution in [3.8, 4) is 0 Å². The van der Waals surface area contributed by atoms with E-state index >= 15 is 0 Å². The van der Waals surface area contributed by atoms with E-state index in [0.29, 0.717) is 5.56 Å². The minimum absolute atomic E-state index is 0.0745. The number of pyridine rings is 1. The number of carbonyl (C=O) groups is 1. The normalized spacial score (nSPS) is 13.3. The van der Waals surface area contributed by atoms with Crippen LogP contribution in [0.15, 0.2) is 29.1 Å². The molecule has 1 aliphatic heterocycles. The lowest BCUT2D eigenvalue weighted by atomic mass is 10.1. The van der Waals surface area contributed by atoms with Gasteiger partial charge in [0.1, 0.15) is 0 Å². The van der Waals surface area contributed by atoms with E-state index in [1.165, 1.54) is 6.07 Å². The lowest BCUT2D eigenvalue weighted by Crippen LogP contribution is -2.17. The van der Waals surface area contributed by atoms with Gasteiger partial charge in [-0.2, -0.15) is 0 Å². The summed E-state index contributed by atoms with van der Waals surface area (Å²) in [5.41, 5.74) is 2.52. The molecular formula is C12H9NO2. The fraction of sp³-hybridized carbons (Fsp3) is 0.167. The molecule has 1 aromatic carbocycles. The predicted molar refractivity (Wildman–Crippen MR) is 57.3 cm³/mol. The maximum absolute atomic E-state index is 11.7. The Morgan fingerprint density at radius 1 is 1.33 bits per heavy atom. The van der Waals surface area contributed by atoms with Crippen molar-refractivity contribution >= 4 is 17.2 Å². The van der Waals surface area contributed by atoms with Crippen LogP contribution in [0.5, 0.6) is 0 Å². The number of aromatic nitrogens is 1. The molecule has 3 nitrogen and oxygen atoms in total. The number of para-hydroxylation sites is 1. The van der Waals surface area contributed by atoms with Crippen molar-refractivity contribution in [3.05, 3.63) is 45.7 Å². The van der Waals surface area contributed by atoms with Gasteiger partial charge < -0.3 is 4.57 Å². The molecule has 0 unspecified atom stereocenters. The average Bonchev–Trinajstić information content (AvgIpc) is 2.69. The van der Waals surface area contributed by atoms with Gasteiger partial charge in [-0.25, -0.2) is 0 Å². The van der Waals surface area contributed by atoms with E-state index < -0.39 is 0 Å². The van der Waals surface area contributed by atoms with Gasteiger partial charge in [0.2, 0.25) is 0 Å². The number of carbonyl (C=O) groups excluding carboxylic acids is 1. The van der Waals surface area contributed by atoms with Gasteiger partial charge in [0.05, 0.1) is 5.52 Å². The SMILES string of the molecule is O=Cc1cc(=O)n2c3c(cccc13)CC2. The molecule has 0 saturated carbocycles. The minimum atomic E-state index is -0.0745. The van der Waals surface area contributed by atoms with E-state index in [2.05, 4.69) is 0 Å². The van der Waals surface area contributed by atoms with E-state index in [-0.39, 0.29) is 5.56 Å².